The molecule has 0 aromatic rings. The van der Waals surface area contributed by atoms with E-state index in [2.05, 4.69) is 17.9 Å². The fraction of sp³-hybridized carbons (Fsp3) is 0.643. The fourth-order valence-electron chi connectivity index (χ4n) is 1.15. The molecule has 0 radical (unpaired) electrons. The Labute approximate surface area is 172 Å². The van der Waals surface area contributed by atoms with Crippen molar-refractivity contribution in [1.82, 2.24) is 5.32 Å². The monoisotopic (exact) mass is 442 g/mol. The summed E-state index contributed by atoms with van der Waals surface area (Å²) in [4.78, 5) is 39.8. The highest BCUT2D eigenvalue weighted by Crippen LogP contribution is 1.93. The van der Waals surface area contributed by atoms with Crippen LogP contribution in [0, 0.1) is 5.41 Å². The lowest BCUT2D eigenvalue weighted by atomic mass is 10.2. The number of hydrogen-bond acceptors (Lipinski definition) is 9. The maximum atomic E-state index is 10.2. The number of aliphatic carboxylic acids is 4. The molecule has 0 aromatic carbocycles. The quantitative estimate of drug-likeness (QED) is 0.0670. The SMILES string of the molecule is N=C(N)NCCCC(N)C(=O)O.NC(CCC(=O)O)C(=O)O.NC(CS)C(=O)O. The summed E-state index contributed by atoms with van der Waals surface area (Å²) in [5, 5.41) is 42.0. The second kappa shape index (κ2) is 18.7. The van der Waals surface area contributed by atoms with Gasteiger partial charge in [-0.1, -0.05) is 0 Å². The van der Waals surface area contributed by atoms with Crippen molar-refractivity contribution < 1.29 is 39.6 Å². The predicted molar refractivity (Wildman–Crippen MR) is 107 cm³/mol. The smallest absolute Gasteiger partial charge is 0.321 e. The van der Waals surface area contributed by atoms with Crippen LogP contribution in [0.15, 0.2) is 0 Å². The van der Waals surface area contributed by atoms with Crippen molar-refractivity contribution in [1.29, 1.82) is 5.41 Å². The molecule has 14 N–H and O–H groups in total. The average Bonchev–Trinajstić information content (AvgIpc) is 2.62. The van der Waals surface area contributed by atoms with Gasteiger partial charge >= 0.3 is 23.9 Å². The third-order valence-electron chi connectivity index (χ3n) is 2.82. The summed E-state index contributed by atoms with van der Waals surface area (Å²) < 4.78 is 0. The minimum atomic E-state index is -1.17. The van der Waals surface area contributed by atoms with E-state index in [-0.39, 0.29) is 24.6 Å². The minimum absolute atomic E-state index is 0.0231. The summed E-state index contributed by atoms with van der Waals surface area (Å²) in [5.41, 5.74) is 20.2. The molecule has 0 aliphatic heterocycles. The Hall–Kier alpha value is -2.62. The van der Waals surface area contributed by atoms with Crippen LogP contribution in [0.1, 0.15) is 25.7 Å². The summed E-state index contributed by atoms with van der Waals surface area (Å²) >= 11 is 3.65. The Morgan fingerprint density at radius 3 is 1.55 bits per heavy atom. The number of guanidine groups is 1. The van der Waals surface area contributed by atoms with Gasteiger partial charge in [-0.3, -0.25) is 24.6 Å². The standard InChI is InChI=1S/C6H14N4O2.C5H9NO4.C3H7NO2S/c7-4(5(11)12)2-1-3-10-6(8)9;6-3(5(9)10)1-2-4(7)8;4-2(1-7)3(5)6/h4H,1-3,7H2,(H,11,12)(H4,8,9,10);3H,1-2,6H2,(H,7,8)(H,9,10);2,7H,1,4H2,(H,5,6). The zero-order valence-electron chi connectivity index (χ0n) is 15.7. The van der Waals surface area contributed by atoms with E-state index >= 15 is 0 Å². The third kappa shape index (κ3) is 25.4. The number of carboxylic acids is 4. The Morgan fingerprint density at radius 1 is 0.862 bits per heavy atom. The Kier molecular flexibility index (Phi) is 20.1. The van der Waals surface area contributed by atoms with Crippen molar-refractivity contribution in [3.63, 3.8) is 0 Å². The summed E-state index contributed by atoms with van der Waals surface area (Å²) in [6, 6.07) is -2.70. The van der Waals surface area contributed by atoms with Crippen molar-refractivity contribution in [2.75, 3.05) is 12.3 Å². The Balaban J connectivity index is -0.000000362. The topological polar surface area (TPSA) is 289 Å². The molecule has 0 saturated heterocycles. The molecule has 0 fully saturated rings. The van der Waals surface area contributed by atoms with E-state index in [0.717, 1.165) is 0 Å². The van der Waals surface area contributed by atoms with Gasteiger partial charge in [0, 0.05) is 18.7 Å². The largest absolute Gasteiger partial charge is 0.481 e. The zero-order chi connectivity index (χ0) is 23.6. The molecule has 15 heteroatoms. The second-order valence-corrected chi connectivity index (χ2v) is 5.80. The molecule has 3 atom stereocenters. The third-order valence-corrected chi connectivity index (χ3v) is 3.22. The zero-order valence-corrected chi connectivity index (χ0v) is 16.5. The highest BCUT2D eigenvalue weighted by molar-refractivity contribution is 7.80. The lowest BCUT2D eigenvalue weighted by molar-refractivity contribution is -0.140. The molecular formula is C14H30N6O8S. The van der Waals surface area contributed by atoms with Crippen LogP contribution in [-0.4, -0.2) is 80.7 Å². The first kappa shape index (κ1) is 31.1. The number of carboxylic acid groups (broad SMARTS) is 4. The van der Waals surface area contributed by atoms with Crippen LogP contribution in [0.4, 0.5) is 0 Å². The van der Waals surface area contributed by atoms with Gasteiger partial charge in [-0.15, -0.1) is 0 Å². The molecule has 170 valence electrons. The van der Waals surface area contributed by atoms with E-state index in [1.165, 1.54) is 0 Å². The van der Waals surface area contributed by atoms with Crippen molar-refractivity contribution >= 4 is 42.5 Å². The molecule has 0 aliphatic rings. The first-order valence-corrected chi connectivity index (χ1v) is 8.75. The normalized spacial score (nSPS) is 12.6. The minimum Gasteiger partial charge on any atom is -0.481 e. The second-order valence-electron chi connectivity index (χ2n) is 5.43. The van der Waals surface area contributed by atoms with Gasteiger partial charge in [0.05, 0.1) is 0 Å². The van der Waals surface area contributed by atoms with Crippen LogP contribution >= 0.6 is 12.6 Å². The lowest BCUT2D eigenvalue weighted by Crippen LogP contribution is -2.34. The van der Waals surface area contributed by atoms with Crippen LogP contribution < -0.4 is 28.3 Å². The van der Waals surface area contributed by atoms with Gasteiger partial charge in [-0.2, -0.15) is 12.6 Å². The molecule has 29 heavy (non-hydrogen) atoms. The van der Waals surface area contributed by atoms with Crippen molar-refractivity contribution in [2.24, 2.45) is 22.9 Å². The molecule has 0 bridgehead atoms. The molecule has 0 spiro atoms. The number of nitrogens with two attached hydrogens (primary N) is 4. The molecule has 0 amide bonds. The predicted octanol–water partition coefficient (Wildman–Crippen LogP) is -2.75. The van der Waals surface area contributed by atoms with Gasteiger partial charge in [0.1, 0.15) is 18.1 Å². The Morgan fingerprint density at radius 2 is 1.28 bits per heavy atom. The molecule has 0 aliphatic carbocycles. The first-order valence-electron chi connectivity index (χ1n) is 8.11. The summed E-state index contributed by atoms with van der Waals surface area (Å²) in [6.45, 7) is 0.482. The van der Waals surface area contributed by atoms with Crippen LogP contribution in [0.3, 0.4) is 0 Å². The average molecular weight is 442 g/mol. The molecule has 14 nitrogen and oxygen atoms in total. The number of rotatable bonds is 11. The van der Waals surface area contributed by atoms with Crippen molar-refractivity contribution in [3.8, 4) is 0 Å². The van der Waals surface area contributed by atoms with E-state index in [4.69, 9.17) is 48.8 Å². The van der Waals surface area contributed by atoms with Gasteiger partial charge in [-0.25, -0.2) is 0 Å². The first-order chi connectivity index (χ1) is 13.3. The Bertz CT molecular complexity index is 536. The molecule has 0 saturated carbocycles. The van der Waals surface area contributed by atoms with E-state index in [1.807, 2.05) is 0 Å². The number of hydrogen-bond donors (Lipinski definition) is 11. The summed E-state index contributed by atoms with van der Waals surface area (Å²) in [6.07, 6.45) is 0.751. The molecule has 0 aromatic heterocycles. The van der Waals surface area contributed by atoms with Gasteiger partial charge < -0.3 is 48.7 Å². The number of carbonyl (C=O) groups is 4. The van der Waals surface area contributed by atoms with Crippen LogP contribution in [0.2, 0.25) is 0 Å². The highest BCUT2D eigenvalue weighted by atomic mass is 32.1. The van der Waals surface area contributed by atoms with Gasteiger partial charge in [0.15, 0.2) is 5.96 Å². The van der Waals surface area contributed by atoms with E-state index < -0.39 is 42.0 Å². The van der Waals surface area contributed by atoms with Gasteiger partial charge in [-0.05, 0) is 19.3 Å². The van der Waals surface area contributed by atoms with E-state index in [1.54, 1.807) is 0 Å². The van der Waals surface area contributed by atoms with Crippen LogP contribution in [0.25, 0.3) is 0 Å². The van der Waals surface area contributed by atoms with Crippen LogP contribution in [-0.2, 0) is 19.2 Å². The molecule has 3 unspecified atom stereocenters. The van der Waals surface area contributed by atoms with Crippen molar-refractivity contribution in [3.05, 3.63) is 0 Å². The fourth-order valence-corrected chi connectivity index (χ4v) is 1.31. The van der Waals surface area contributed by atoms with E-state index in [9.17, 15) is 19.2 Å². The van der Waals surface area contributed by atoms with Gasteiger partial charge in [0.25, 0.3) is 0 Å². The number of thiol groups is 1. The van der Waals surface area contributed by atoms with Crippen LogP contribution in [0.5, 0.6) is 0 Å². The number of nitrogens with one attached hydrogen (secondary N) is 2. The van der Waals surface area contributed by atoms with Gasteiger partial charge in [0.2, 0.25) is 0 Å². The van der Waals surface area contributed by atoms with E-state index in [0.29, 0.717) is 19.4 Å². The maximum absolute atomic E-state index is 10.2. The highest BCUT2D eigenvalue weighted by Gasteiger charge is 2.12. The lowest BCUT2D eigenvalue weighted by Gasteiger charge is -2.06. The summed E-state index contributed by atoms with van der Waals surface area (Å²) in [5.74, 6) is -4.13. The van der Waals surface area contributed by atoms with Crippen molar-refractivity contribution in [2.45, 2.75) is 43.8 Å². The molecule has 0 rings (SSSR count). The molecule has 0 heterocycles. The maximum Gasteiger partial charge on any atom is 0.321 e. The summed E-state index contributed by atoms with van der Waals surface area (Å²) in [7, 11) is 0. The molecular weight excluding hydrogens is 412 g/mol.